The minimum atomic E-state index is -0.133. The number of fused-ring (bicyclic) bond motifs is 1. The van der Waals surface area contributed by atoms with E-state index in [9.17, 15) is 4.79 Å². The number of hydrogen-bond donors (Lipinski definition) is 0. The van der Waals surface area contributed by atoms with E-state index >= 15 is 0 Å². The van der Waals surface area contributed by atoms with Gasteiger partial charge >= 0.3 is 0 Å². The van der Waals surface area contributed by atoms with Crippen LogP contribution in [-0.4, -0.2) is 56.8 Å². The van der Waals surface area contributed by atoms with Gasteiger partial charge in [0.1, 0.15) is 5.82 Å². The second kappa shape index (κ2) is 6.64. The highest BCUT2D eigenvalue weighted by Gasteiger charge is 2.25. The molecule has 4 rings (SSSR count). The number of aromatic nitrogens is 4. The highest BCUT2D eigenvalue weighted by Crippen LogP contribution is 2.22. The minimum absolute atomic E-state index is 0.0903. The van der Waals surface area contributed by atoms with Crippen molar-refractivity contribution in [3.63, 3.8) is 0 Å². The van der Waals surface area contributed by atoms with Gasteiger partial charge in [-0.2, -0.15) is 4.52 Å². The molecule has 140 valence electrons. The zero-order valence-corrected chi connectivity index (χ0v) is 16.0. The molecule has 0 bridgehead atoms. The Morgan fingerprint density at radius 2 is 1.63 bits per heavy atom. The highest BCUT2D eigenvalue weighted by atomic mass is 16.2. The van der Waals surface area contributed by atoms with Crippen molar-refractivity contribution in [1.29, 1.82) is 0 Å². The van der Waals surface area contributed by atoms with Crippen molar-refractivity contribution in [2.24, 2.45) is 0 Å². The molecule has 0 atom stereocenters. The van der Waals surface area contributed by atoms with Crippen molar-refractivity contribution in [3.05, 3.63) is 53.9 Å². The SMILES string of the molecule is CC(C)(C)c1nnc2ccc(N3CCN(C(=O)c4ccccc4)CC3)nn12. The Morgan fingerprint density at radius 3 is 2.30 bits per heavy atom. The Bertz CT molecular complexity index is 952. The van der Waals surface area contributed by atoms with E-state index in [-0.39, 0.29) is 11.3 Å². The Hall–Kier alpha value is -2.96. The van der Waals surface area contributed by atoms with Crippen molar-refractivity contribution in [3.8, 4) is 0 Å². The molecule has 1 amide bonds. The Morgan fingerprint density at radius 1 is 0.926 bits per heavy atom. The fraction of sp³-hybridized carbons (Fsp3) is 0.400. The number of piperazine rings is 1. The monoisotopic (exact) mass is 364 g/mol. The molecule has 2 aromatic heterocycles. The molecular formula is C20H24N6O. The fourth-order valence-corrected chi connectivity index (χ4v) is 3.32. The van der Waals surface area contributed by atoms with Gasteiger partial charge in [-0.3, -0.25) is 4.79 Å². The van der Waals surface area contributed by atoms with Gasteiger partial charge in [0.05, 0.1) is 0 Å². The lowest BCUT2D eigenvalue weighted by Crippen LogP contribution is -2.49. The molecule has 0 radical (unpaired) electrons. The van der Waals surface area contributed by atoms with E-state index in [1.807, 2.05) is 51.9 Å². The summed E-state index contributed by atoms with van der Waals surface area (Å²) < 4.78 is 1.83. The van der Waals surface area contributed by atoms with E-state index in [1.54, 1.807) is 0 Å². The van der Waals surface area contributed by atoms with Crippen LogP contribution in [0.4, 0.5) is 5.82 Å². The normalized spacial score (nSPS) is 15.4. The summed E-state index contributed by atoms with van der Waals surface area (Å²) in [6.45, 7) is 9.18. The van der Waals surface area contributed by atoms with Crippen LogP contribution < -0.4 is 4.90 Å². The topological polar surface area (TPSA) is 66.6 Å². The van der Waals surface area contributed by atoms with Crippen LogP contribution in [0.1, 0.15) is 37.0 Å². The minimum Gasteiger partial charge on any atom is -0.352 e. The average molecular weight is 364 g/mol. The van der Waals surface area contributed by atoms with Gasteiger partial charge in [-0.15, -0.1) is 15.3 Å². The molecule has 0 saturated carbocycles. The van der Waals surface area contributed by atoms with Crippen LogP contribution in [-0.2, 0) is 5.41 Å². The van der Waals surface area contributed by atoms with Crippen molar-refractivity contribution < 1.29 is 4.79 Å². The van der Waals surface area contributed by atoms with Crippen molar-refractivity contribution in [2.75, 3.05) is 31.1 Å². The van der Waals surface area contributed by atoms with E-state index in [0.717, 1.165) is 35.9 Å². The summed E-state index contributed by atoms with van der Waals surface area (Å²) in [6, 6.07) is 13.4. The van der Waals surface area contributed by atoms with Gasteiger partial charge < -0.3 is 9.80 Å². The third-order valence-electron chi connectivity index (χ3n) is 4.83. The summed E-state index contributed by atoms with van der Waals surface area (Å²) >= 11 is 0. The van der Waals surface area contributed by atoms with Crippen LogP contribution in [0.5, 0.6) is 0 Å². The summed E-state index contributed by atoms with van der Waals surface area (Å²) in [5, 5.41) is 13.3. The zero-order valence-electron chi connectivity index (χ0n) is 16.0. The largest absolute Gasteiger partial charge is 0.352 e. The molecule has 1 saturated heterocycles. The lowest BCUT2D eigenvalue weighted by Gasteiger charge is -2.35. The van der Waals surface area contributed by atoms with E-state index in [0.29, 0.717) is 13.1 Å². The molecule has 3 heterocycles. The summed E-state index contributed by atoms with van der Waals surface area (Å²) in [5.74, 6) is 1.82. The van der Waals surface area contributed by atoms with Gasteiger partial charge in [-0.05, 0) is 24.3 Å². The predicted molar refractivity (Wildman–Crippen MR) is 104 cm³/mol. The molecular weight excluding hydrogens is 340 g/mol. The van der Waals surface area contributed by atoms with Crippen LogP contribution in [0.15, 0.2) is 42.5 Å². The third-order valence-corrected chi connectivity index (χ3v) is 4.83. The second-order valence-electron chi connectivity index (χ2n) is 7.88. The standard InChI is InChI=1S/C20H24N6O/c1-20(2,3)19-22-21-16-9-10-17(23-26(16)19)24-11-13-25(14-12-24)18(27)15-7-5-4-6-8-15/h4-10H,11-14H2,1-3H3. The van der Waals surface area contributed by atoms with Gasteiger partial charge in [0.25, 0.3) is 5.91 Å². The zero-order chi connectivity index (χ0) is 19.0. The number of hydrogen-bond acceptors (Lipinski definition) is 5. The molecule has 0 spiro atoms. The first-order chi connectivity index (χ1) is 12.9. The van der Waals surface area contributed by atoms with Crippen LogP contribution in [0.3, 0.4) is 0 Å². The quantitative estimate of drug-likeness (QED) is 0.698. The molecule has 0 unspecified atom stereocenters. The molecule has 1 aliphatic heterocycles. The number of carbonyl (C=O) groups excluding carboxylic acids is 1. The van der Waals surface area contributed by atoms with Crippen LogP contribution in [0.25, 0.3) is 5.65 Å². The number of benzene rings is 1. The van der Waals surface area contributed by atoms with Gasteiger partial charge in [0.2, 0.25) is 0 Å². The molecule has 1 aromatic carbocycles. The Balaban J connectivity index is 1.50. The van der Waals surface area contributed by atoms with E-state index in [1.165, 1.54) is 0 Å². The second-order valence-corrected chi connectivity index (χ2v) is 7.88. The fourth-order valence-electron chi connectivity index (χ4n) is 3.32. The van der Waals surface area contributed by atoms with Crippen molar-refractivity contribution >= 4 is 17.4 Å². The maximum atomic E-state index is 12.6. The Labute approximate surface area is 158 Å². The number of anilines is 1. The lowest BCUT2D eigenvalue weighted by atomic mass is 9.96. The van der Waals surface area contributed by atoms with Crippen LogP contribution >= 0.6 is 0 Å². The van der Waals surface area contributed by atoms with Gasteiger partial charge in [0.15, 0.2) is 11.5 Å². The van der Waals surface area contributed by atoms with Gasteiger partial charge in [-0.1, -0.05) is 39.0 Å². The van der Waals surface area contributed by atoms with Crippen molar-refractivity contribution in [2.45, 2.75) is 26.2 Å². The molecule has 1 fully saturated rings. The lowest BCUT2D eigenvalue weighted by molar-refractivity contribution is 0.0746. The van der Waals surface area contributed by atoms with E-state index < -0.39 is 0 Å². The number of rotatable bonds is 2. The molecule has 1 aliphatic rings. The molecule has 7 heteroatoms. The van der Waals surface area contributed by atoms with Crippen LogP contribution in [0.2, 0.25) is 0 Å². The molecule has 27 heavy (non-hydrogen) atoms. The average Bonchev–Trinajstić information content (AvgIpc) is 3.12. The Kier molecular flexibility index (Phi) is 4.30. The summed E-state index contributed by atoms with van der Waals surface area (Å²) in [7, 11) is 0. The first-order valence-corrected chi connectivity index (χ1v) is 9.26. The highest BCUT2D eigenvalue weighted by molar-refractivity contribution is 5.94. The molecule has 7 nitrogen and oxygen atoms in total. The summed E-state index contributed by atoms with van der Waals surface area (Å²) in [4.78, 5) is 16.7. The third kappa shape index (κ3) is 3.37. The molecule has 3 aromatic rings. The number of nitrogens with zero attached hydrogens (tertiary/aromatic N) is 6. The van der Waals surface area contributed by atoms with Gasteiger partial charge in [-0.25, -0.2) is 0 Å². The van der Waals surface area contributed by atoms with Crippen LogP contribution in [0, 0.1) is 0 Å². The maximum absolute atomic E-state index is 12.6. The maximum Gasteiger partial charge on any atom is 0.253 e. The van der Waals surface area contributed by atoms with E-state index in [4.69, 9.17) is 5.10 Å². The molecule has 0 aliphatic carbocycles. The summed E-state index contributed by atoms with van der Waals surface area (Å²) in [6.07, 6.45) is 0. The number of amides is 1. The van der Waals surface area contributed by atoms with Crippen molar-refractivity contribution in [1.82, 2.24) is 24.7 Å². The first kappa shape index (κ1) is 17.5. The summed E-state index contributed by atoms with van der Waals surface area (Å²) in [5.41, 5.74) is 1.36. The van der Waals surface area contributed by atoms with Gasteiger partial charge in [0, 0.05) is 37.2 Å². The van der Waals surface area contributed by atoms with E-state index in [2.05, 4.69) is 35.9 Å². The number of carbonyl (C=O) groups is 1. The first-order valence-electron chi connectivity index (χ1n) is 9.26. The predicted octanol–water partition coefficient (Wildman–Crippen LogP) is 2.38. The smallest absolute Gasteiger partial charge is 0.253 e. The molecule has 0 N–H and O–H groups in total.